The third kappa shape index (κ3) is 2.27. The molecule has 0 aliphatic rings. The Bertz CT molecular complexity index is 739. The first kappa shape index (κ1) is 11.7. The van der Waals surface area contributed by atoms with Gasteiger partial charge in [-0.25, -0.2) is 9.78 Å². The van der Waals surface area contributed by atoms with Gasteiger partial charge in [-0.1, -0.05) is 6.07 Å². The van der Waals surface area contributed by atoms with Crippen molar-refractivity contribution in [3.05, 3.63) is 48.3 Å². The van der Waals surface area contributed by atoms with Crippen molar-refractivity contribution in [2.75, 3.05) is 0 Å². The van der Waals surface area contributed by atoms with Gasteiger partial charge in [-0.3, -0.25) is 4.40 Å². The summed E-state index contributed by atoms with van der Waals surface area (Å²) >= 11 is 1.33. The topological polar surface area (TPSA) is 80.4 Å². The lowest BCUT2D eigenvalue weighted by Crippen LogP contribution is -1.96. The summed E-state index contributed by atoms with van der Waals surface area (Å²) < 4.78 is 1.84. The lowest BCUT2D eigenvalue weighted by Gasteiger charge is -1.99. The molecule has 0 fully saturated rings. The minimum absolute atomic E-state index is 0.162. The Labute approximate surface area is 112 Å². The molecule has 1 N–H and O–H groups in total. The molecule has 0 aliphatic heterocycles. The van der Waals surface area contributed by atoms with Crippen LogP contribution < -0.4 is 0 Å². The summed E-state index contributed by atoms with van der Waals surface area (Å²) in [6.45, 7) is 0. The maximum Gasteiger partial charge on any atom is 0.337 e. The molecule has 7 heteroatoms. The molecule has 0 unspecified atom stereocenters. The summed E-state index contributed by atoms with van der Waals surface area (Å²) in [6, 6.07) is 8.80. The number of aromatic nitrogens is 4. The Hall–Kier alpha value is -2.41. The highest BCUT2D eigenvalue weighted by Gasteiger charge is 2.08. The van der Waals surface area contributed by atoms with E-state index in [1.807, 2.05) is 28.8 Å². The van der Waals surface area contributed by atoms with E-state index >= 15 is 0 Å². The second kappa shape index (κ2) is 4.69. The average molecular weight is 272 g/mol. The Morgan fingerprint density at radius 2 is 2.11 bits per heavy atom. The van der Waals surface area contributed by atoms with Crippen molar-refractivity contribution in [2.24, 2.45) is 0 Å². The third-order valence-corrected chi connectivity index (χ3v) is 3.37. The predicted octanol–water partition coefficient (Wildman–Crippen LogP) is 1.97. The zero-order chi connectivity index (χ0) is 13.2. The molecular formula is C12H8N4O2S. The van der Waals surface area contributed by atoms with Crippen molar-refractivity contribution in [3.8, 4) is 0 Å². The van der Waals surface area contributed by atoms with Crippen LogP contribution in [0, 0.1) is 0 Å². The number of carboxylic acids is 1. The Morgan fingerprint density at radius 1 is 1.21 bits per heavy atom. The molecule has 0 spiro atoms. The fourth-order valence-corrected chi connectivity index (χ4v) is 2.31. The lowest BCUT2D eigenvalue weighted by atomic mass is 10.3. The highest BCUT2D eigenvalue weighted by atomic mass is 32.2. The highest BCUT2D eigenvalue weighted by Crippen LogP contribution is 2.24. The van der Waals surface area contributed by atoms with E-state index in [9.17, 15) is 4.79 Å². The molecule has 0 radical (unpaired) electrons. The van der Waals surface area contributed by atoms with Gasteiger partial charge in [0.2, 0.25) is 5.16 Å². The summed E-state index contributed by atoms with van der Waals surface area (Å²) in [5.74, 6) is -0.989. The Kier molecular flexibility index (Phi) is 2.88. The van der Waals surface area contributed by atoms with Crippen molar-refractivity contribution in [1.29, 1.82) is 0 Å². The number of nitrogens with zero attached hydrogens (tertiary/aromatic N) is 4. The molecule has 0 atom stereocenters. The summed E-state index contributed by atoms with van der Waals surface area (Å²) in [7, 11) is 0. The number of carboxylic acid groups (broad SMARTS) is 1. The predicted molar refractivity (Wildman–Crippen MR) is 68.3 cm³/mol. The number of hydrogen-bond donors (Lipinski definition) is 1. The molecule has 3 heterocycles. The first-order chi connectivity index (χ1) is 9.24. The van der Waals surface area contributed by atoms with Gasteiger partial charge in [0.15, 0.2) is 5.65 Å². The maximum absolute atomic E-state index is 10.7. The van der Waals surface area contributed by atoms with Crippen molar-refractivity contribution in [2.45, 2.75) is 10.2 Å². The largest absolute Gasteiger partial charge is 0.478 e. The van der Waals surface area contributed by atoms with Gasteiger partial charge >= 0.3 is 5.97 Å². The highest BCUT2D eigenvalue weighted by molar-refractivity contribution is 7.99. The van der Waals surface area contributed by atoms with E-state index in [1.165, 1.54) is 24.0 Å². The SMILES string of the molecule is O=C(O)c1ccc(Sc2nnc3ccccn23)nc1. The number of pyridine rings is 2. The third-order valence-electron chi connectivity index (χ3n) is 2.46. The van der Waals surface area contributed by atoms with E-state index < -0.39 is 5.97 Å². The Morgan fingerprint density at radius 3 is 2.84 bits per heavy atom. The van der Waals surface area contributed by atoms with Crippen molar-refractivity contribution in [1.82, 2.24) is 19.6 Å². The van der Waals surface area contributed by atoms with E-state index in [1.54, 1.807) is 6.07 Å². The van der Waals surface area contributed by atoms with E-state index in [2.05, 4.69) is 15.2 Å². The van der Waals surface area contributed by atoms with Gasteiger partial charge in [0.1, 0.15) is 5.03 Å². The number of aromatic carboxylic acids is 1. The molecule has 3 aromatic heterocycles. The second-order valence-electron chi connectivity index (χ2n) is 3.70. The monoisotopic (exact) mass is 272 g/mol. The zero-order valence-corrected chi connectivity index (χ0v) is 10.4. The molecule has 0 aromatic carbocycles. The smallest absolute Gasteiger partial charge is 0.337 e. The standard InChI is InChI=1S/C12H8N4O2S/c17-11(18)8-4-5-10(13-7-8)19-12-15-14-9-3-1-2-6-16(9)12/h1-7H,(H,17,18). The van der Waals surface area contributed by atoms with Crippen molar-refractivity contribution < 1.29 is 9.90 Å². The number of carbonyl (C=O) groups is 1. The number of fused-ring (bicyclic) bond motifs is 1. The molecule has 0 saturated heterocycles. The van der Waals surface area contributed by atoms with Gasteiger partial charge in [-0.05, 0) is 36.0 Å². The molecule has 94 valence electrons. The molecule has 0 bridgehead atoms. The summed E-state index contributed by atoms with van der Waals surface area (Å²) in [6.07, 6.45) is 3.19. The minimum atomic E-state index is -0.989. The molecule has 6 nitrogen and oxygen atoms in total. The van der Waals surface area contributed by atoms with Gasteiger partial charge in [-0.15, -0.1) is 10.2 Å². The van der Waals surface area contributed by atoms with Crippen LogP contribution in [0.15, 0.2) is 52.9 Å². The van der Waals surface area contributed by atoms with Gasteiger partial charge in [0.05, 0.1) is 5.56 Å². The van der Waals surface area contributed by atoms with Crippen LogP contribution in [0.4, 0.5) is 0 Å². The van der Waals surface area contributed by atoms with Crippen molar-refractivity contribution >= 4 is 23.4 Å². The number of hydrogen-bond acceptors (Lipinski definition) is 5. The molecular weight excluding hydrogens is 264 g/mol. The van der Waals surface area contributed by atoms with Gasteiger partial charge in [-0.2, -0.15) is 0 Å². The second-order valence-corrected chi connectivity index (χ2v) is 4.69. The average Bonchev–Trinajstić information content (AvgIpc) is 2.83. The quantitative estimate of drug-likeness (QED) is 0.785. The van der Waals surface area contributed by atoms with Crippen LogP contribution in [0.5, 0.6) is 0 Å². The summed E-state index contributed by atoms with van der Waals surface area (Å²) in [5, 5.41) is 18.3. The van der Waals surface area contributed by atoms with Gasteiger partial charge < -0.3 is 5.11 Å². The Balaban J connectivity index is 1.90. The molecule has 0 saturated carbocycles. The van der Waals surface area contributed by atoms with E-state index in [-0.39, 0.29) is 5.56 Å². The van der Waals surface area contributed by atoms with E-state index in [0.717, 1.165) is 5.65 Å². The van der Waals surface area contributed by atoms with Crippen LogP contribution in [-0.4, -0.2) is 30.7 Å². The van der Waals surface area contributed by atoms with E-state index in [0.29, 0.717) is 10.2 Å². The van der Waals surface area contributed by atoms with Gasteiger partial charge in [0.25, 0.3) is 0 Å². The minimum Gasteiger partial charge on any atom is -0.478 e. The molecule has 3 aromatic rings. The van der Waals surface area contributed by atoms with Crippen LogP contribution in [0.25, 0.3) is 5.65 Å². The normalized spacial score (nSPS) is 10.7. The van der Waals surface area contributed by atoms with Crippen LogP contribution in [0.2, 0.25) is 0 Å². The summed E-state index contributed by atoms with van der Waals surface area (Å²) in [4.78, 5) is 14.8. The van der Waals surface area contributed by atoms with Gasteiger partial charge in [0, 0.05) is 12.4 Å². The number of rotatable bonds is 3. The van der Waals surface area contributed by atoms with Crippen LogP contribution in [0.3, 0.4) is 0 Å². The van der Waals surface area contributed by atoms with Crippen LogP contribution in [-0.2, 0) is 0 Å². The van der Waals surface area contributed by atoms with Crippen LogP contribution >= 0.6 is 11.8 Å². The first-order valence-corrected chi connectivity index (χ1v) is 6.22. The fourth-order valence-electron chi connectivity index (χ4n) is 1.55. The molecule has 19 heavy (non-hydrogen) atoms. The molecule has 0 aliphatic carbocycles. The molecule has 0 amide bonds. The summed E-state index contributed by atoms with van der Waals surface area (Å²) in [5.41, 5.74) is 0.919. The molecule has 3 rings (SSSR count). The van der Waals surface area contributed by atoms with Crippen LogP contribution in [0.1, 0.15) is 10.4 Å². The maximum atomic E-state index is 10.7. The fraction of sp³-hybridized carbons (Fsp3) is 0. The zero-order valence-electron chi connectivity index (χ0n) is 9.59. The van der Waals surface area contributed by atoms with Crippen molar-refractivity contribution in [3.63, 3.8) is 0 Å². The van der Waals surface area contributed by atoms with E-state index in [4.69, 9.17) is 5.11 Å². The first-order valence-electron chi connectivity index (χ1n) is 5.41. The lowest BCUT2D eigenvalue weighted by molar-refractivity contribution is 0.0696.